The highest BCUT2D eigenvalue weighted by Gasteiger charge is 2.10. The van der Waals surface area contributed by atoms with Crippen LogP contribution in [-0.4, -0.2) is 22.6 Å². The molecule has 1 amide bonds. The molecule has 0 unspecified atom stereocenters. The van der Waals surface area contributed by atoms with Crippen molar-refractivity contribution in [2.24, 2.45) is 0 Å². The first-order valence-corrected chi connectivity index (χ1v) is 8.64. The molecule has 0 spiro atoms. The van der Waals surface area contributed by atoms with Gasteiger partial charge in [0.1, 0.15) is 12.1 Å². The second-order valence-electron chi connectivity index (χ2n) is 6.29. The predicted molar refractivity (Wildman–Crippen MR) is 107 cm³/mol. The molecule has 0 aliphatic rings. The van der Waals surface area contributed by atoms with E-state index in [4.69, 9.17) is 4.74 Å². The molecule has 5 nitrogen and oxygen atoms in total. The Kier molecular flexibility index (Phi) is 4.34. The van der Waals surface area contributed by atoms with Crippen LogP contribution in [-0.2, 0) is 0 Å². The first-order chi connectivity index (χ1) is 13.2. The molecule has 0 aliphatic carbocycles. The molecule has 0 bridgehead atoms. The van der Waals surface area contributed by atoms with Gasteiger partial charge in [0.2, 0.25) is 0 Å². The van der Waals surface area contributed by atoms with Crippen molar-refractivity contribution in [2.75, 3.05) is 12.4 Å². The average molecular weight is 357 g/mol. The van der Waals surface area contributed by atoms with Crippen LogP contribution in [0, 0.1) is 6.92 Å². The molecule has 1 aromatic heterocycles. The Labute approximate surface area is 157 Å². The molecule has 5 heteroatoms. The maximum Gasteiger partial charge on any atom is 0.255 e. The zero-order valence-corrected chi connectivity index (χ0v) is 15.1. The Bertz CT molecular complexity index is 1110. The van der Waals surface area contributed by atoms with Gasteiger partial charge >= 0.3 is 0 Å². The van der Waals surface area contributed by atoms with E-state index in [1.165, 1.54) is 5.56 Å². The number of amides is 1. The maximum atomic E-state index is 12.4. The number of hydrogen-bond acceptors (Lipinski definition) is 3. The standard InChI is InChI=1S/C22H19N3O2/c1-15-5-3-4-6-20(15)25-14-23-19-13-17(9-12-21(19)25)24-22(26)16-7-10-18(27-2)11-8-16/h3-14H,1-2H3,(H,24,26). The van der Waals surface area contributed by atoms with Crippen molar-refractivity contribution < 1.29 is 9.53 Å². The molecule has 0 radical (unpaired) electrons. The number of nitrogens with one attached hydrogen (secondary N) is 1. The van der Waals surface area contributed by atoms with Gasteiger partial charge in [-0.05, 0) is 61.0 Å². The van der Waals surface area contributed by atoms with Crippen molar-refractivity contribution in [3.05, 3.63) is 84.2 Å². The Hall–Kier alpha value is -3.60. The fourth-order valence-corrected chi connectivity index (χ4v) is 3.06. The van der Waals surface area contributed by atoms with E-state index in [0.29, 0.717) is 11.3 Å². The molecule has 1 N–H and O–H groups in total. The number of rotatable bonds is 4. The quantitative estimate of drug-likeness (QED) is 0.581. The minimum atomic E-state index is -0.171. The summed E-state index contributed by atoms with van der Waals surface area (Å²) >= 11 is 0. The minimum absolute atomic E-state index is 0.171. The number of para-hydroxylation sites is 1. The Morgan fingerprint density at radius 1 is 1.04 bits per heavy atom. The normalized spacial score (nSPS) is 10.7. The summed E-state index contributed by atoms with van der Waals surface area (Å²) in [5, 5.41) is 2.92. The molecule has 0 fully saturated rings. The summed E-state index contributed by atoms with van der Waals surface area (Å²) in [6.45, 7) is 2.07. The summed E-state index contributed by atoms with van der Waals surface area (Å²) in [5.41, 5.74) is 5.36. The van der Waals surface area contributed by atoms with E-state index in [1.807, 2.05) is 36.7 Å². The van der Waals surface area contributed by atoms with Gasteiger partial charge in [-0.3, -0.25) is 9.36 Å². The maximum absolute atomic E-state index is 12.4. The lowest BCUT2D eigenvalue weighted by atomic mass is 10.2. The molecule has 27 heavy (non-hydrogen) atoms. The summed E-state index contributed by atoms with van der Waals surface area (Å²) in [6, 6.07) is 20.9. The lowest BCUT2D eigenvalue weighted by Crippen LogP contribution is -2.11. The van der Waals surface area contributed by atoms with Crippen molar-refractivity contribution in [1.29, 1.82) is 0 Å². The number of nitrogens with zero attached hydrogens (tertiary/aromatic N) is 2. The van der Waals surface area contributed by atoms with E-state index in [2.05, 4.69) is 33.9 Å². The molecule has 4 aromatic rings. The number of anilines is 1. The minimum Gasteiger partial charge on any atom is -0.497 e. The third-order valence-corrected chi connectivity index (χ3v) is 4.53. The lowest BCUT2D eigenvalue weighted by Gasteiger charge is -2.09. The highest BCUT2D eigenvalue weighted by atomic mass is 16.5. The molecule has 0 saturated carbocycles. The molecular formula is C22H19N3O2. The van der Waals surface area contributed by atoms with Gasteiger partial charge in [0.25, 0.3) is 5.91 Å². The zero-order valence-electron chi connectivity index (χ0n) is 15.1. The fourth-order valence-electron chi connectivity index (χ4n) is 3.06. The number of aromatic nitrogens is 2. The van der Waals surface area contributed by atoms with Crippen LogP contribution in [0.1, 0.15) is 15.9 Å². The summed E-state index contributed by atoms with van der Waals surface area (Å²) in [5.74, 6) is 0.546. The SMILES string of the molecule is COc1ccc(C(=O)Nc2ccc3c(c2)ncn3-c2ccccc2C)cc1. The van der Waals surface area contributed by atoms with Crippen LogP contribution in [0.25, 0.3) is 16.7 Å². The summed E-state index contributed by atoms with van der Waals surface area (Å²) in [7, 11) is 1.60. The molecule has 3 aromatic carbocycles. The van der Waals surface area contributed by atoms with E-state index < -0.39 is 0 Å². The number of fused-ring (bicyclic) bond motifs is 1. The summed E-state index contributed by atoms with van der Waals surface area (Å²) < 4.78 is 7.18. The van der Waals surface area contributed by atoms with Crippen molar-refractivity contribution in [3.63, 3.8) is 0 Å². The predicted octanol–water partition coefficient (Wildman–Crippen LogP) is 4.59. The van der Waals surface area contributed by atoms with E-state index in [0.717, 1.165) is 22.5 Å². The van der Waals surface area contributed by atoms with Gasteiger partial charge in [-0.1, -0.05) is 18.2 Å². The third-order valence-electron chi connectivity index (χ3n) is 4.53. The number of carbonyl (C=O) groups is 1. The number of imidazole rings is 1. The van der Waals surface area contributed by atoms with Crippen molar-refractivity contribution in [1.82, 2.24) is 9.55 Å². The van der Waals surface area contributed by atoms with E-state index >= 15 is 0 Å². The topological polar surface area (TPSA) is 56.1 Å². The van der Waals surface area contributed by atoms with Crippen molar-refractivity contribution in [2.45, 2.75) is 6.92 Å². The van der Waals surface area contributed by atoms with Crippen LogP contribution in [0.15, 0.2) is 73.1 Å². The molecule has 0 atom stereocenters. The van der Waals surface area contributed by atoms with Gasteiger partial charge in [-0.15, -0.1) is 0 Å². The van der Waals surface area contributed by atoms with Crippen LogP contribution in [0.5, 0.6) is 5.75 Å². The molecule has 134 valence electrons. The smallest absolute Gasteiger partial charge is 0.255 e. The monoisotopic (exact) mass is 357 g/mol. The van der Waals surface area contributed by atoms with Crippen LogP contribution in [0.2, 0.25) is 0 Å². The number of aryl methyl sites for hydroxylation is 1. The van der Waals surface area contributed by atoms with E-state index in [-0.39, 0.29) is 5.91 Å². The number of carbonyl (C=O) groups excluding carboxylic acids is 1. The number of methoxy groups -OCH3 is 1. The van der Waals surface area contributed by atoms with Crippen molar-refractivity contribution in [3.8, 4) is 11.4 Å². The van der Waals surface area contributed by atoms with Gasteiger partial charge in [0.15, 0.2) is 0 Å². The van der Waals surface area contributed by atoms with Gasteiger partial charge in [-0.25, -0.2) is 4.98 Å². The van der Waals surface area contributed by atoms with Gasteiger partial charge in [0.05, 0.1) is 23.8 Å². The Morgan fingerprint density at radius 2 is 1.81 bits per heavy atom. The number of ether oxygens (including phenoxy) is 1. The first kappa shape index (κ1) is 16.8. The second kappa shape index (κ2) is 6.96. The fraction of sp³-hybridized carbons (Fsp3) is 0.0909. The third kappa shape index (κ3) is 3.27. The number of benzene rings is 3. The Morgan fingerprint density at radius 3 is 2.56 bits per heavy atom. The van der Waals surface area contributed by atoms with Gasteiger partial charge in [-0.2, -0.15) is 0 Å². The largest absolute Gasteiger partial charge is 0.497 e. The van der Waals surface area contributed by atoms with E-state index in [1.54, 1.807) is 31.4 Å². The summed E-state index contributed by atoms with van der Waals surface area (Å²) in [4.78, 5) is 16.9. The van der Waals surface area contributed by atoms with Crippen LogP contribution < -0.4 is 10.1 Å². The molecule has 1 heterocycles. The van der Waals surface area contributed by atoms with Crippen LogP contribution in [0.3, 0.4) is 0 Å². The average Bonchev–Trinajstić information content (AvgIpc) is 3.11. The second-order valence-corrected chi connectivity index (χ2v) is 6.29. The first-order valence-electron chi connectivity index (χ1n) is 8.64. The Balaban J connectivity index is 1.61. The summed E-state index contributed by atoms with van der Waals surface area (Å²) in [6.07, 6.45) is 1.81. The highest BCUT2D eigenvalue weighted by Crippen LogP contribution is 2.23. The van der Waals surface area contributed by atoms with Crippen LogP contribution >= 0.6 is 0 Å². The zero-order chi connectivity index (χ0) is 18.8. The van der Waals surface area contributed by atoms with Gasteiger partial charge < -0.3 is 10.1 Å². The van der Waals surface area contributed by atoms with Crippen molar-refractivity contribution >= 4 is 22.6 Å². The molecule has 0 saturated heterocycles. The number of hydrogen-bond donors (Lipinski definition) is 1. The van der Waals surface area contributed by atoms with Gasteiger partial charge in [0, 0.05) is 11.3 Å². The lowest BCUT2D eigenvalue weighted by molar-refractivity contribution is 0.102. The molecule has 4 rings (SSSR count). The van der Waals surface area contributed by atoms with E-state index in [9.17, 15) is 4.79 Å². The highest BCUT2D eigenvalue weighted by molar-refractivity contribution is 6.05. The van der Waals surface area contributed by atoms with Crippen LogP contribution in [0.4, 0.5) is 5.69 Å². The molecular weight excluding hydrogens is 338 g/mol. The molecule has 0 aliphatic heterocycles.